The van der Waals surface area contributed by atoms with E-state index in [9.17, 15) is 17.2 Å². The second-order valence-electron chi connectivity index (χ2n) is 3.00. The van der Waals surface area contributed by atoms with E-state index in [0.717, 1.165) is 0 Å². The van der Waals surface area contributed by atoms with Crippen molar-refractivity contribution in [3.63, 3.8) is 0 Å². The smallest absolute Gasteiger partial charge is 0.355 e. The molecular formula is C9H11F2NO3S. The standard InChI is InChI=1S/C9H11F2NO3S/c1-15-6-7-4-2-3-5-8(7)12-16(13,14)9(10)11/h2-5,9,12H,6H2,1H3. The average molecular weight is 251 g/mol. The van der Waals surface area contributed by atoms with Crippen molar-refractivity contribution >= 4 is 15.7 Å². The third kappa shape index (κ3) is 3.14. The maximum absolute atomic E-state index is 12.1. The van der Waals surface area contributed by atoms with E-state index in [1.54, 1.807) is 18.2 Å². The zero-order chi connectivity index (χ0) is 12.2. The topological polar surface area (TPSA) is 55.4 Å². The SMILES string of the molecule is COCc1ccccc1NS(=O)(=O)C(F)F. The minimum absolute atomic E-state index is 0.102. The van der Waals surface area contributed by atoms with Gasteiger partial charge in [-0.05, 0) is 6.07 Å². The van der Waals surface area contributed by atoms with Gasteiger partial charge in [0.1, 0.15) is 0 Å². The molecule has 0 aromatic heterocycles. The highest BCUT2D eigenvalue weighted by Gasteiger charge is 2.24. The predicted octanol–water partition coefficient (Wildman–Crippen LogP) is 1.80. The van der Waals surface area contributed by atoms with Gasteiger partial charge < -0.3 is 4.74 Å². The number of alkyl halides is 2. The molecule has 0 atom stereocenters. The largest absolute Gasteiger partial charge is 0.380 e. The summed E-state index contributed by atoms with van der Waals surface area (Å²) in [6.45, 7) is 0.141. The van der Waals surface area contributed by atoms with Crippen LogP contribution in [-0.4, -0.2) is 21.3 Å². The molecule has 1 N–H and O–H groups in total. The summed E-state index contributed by atoms with van der Waals surface area (Å²) in [6.07, 6.45) is 0. The summed E-state index contributed by atoms with van der Waals surface area (Å²) in [5.41, 5.74) is 0.596. The number of hydrogen-bond acceptors (Lipinski definition) is 3. The van der Waals surface area contributed by atoms with Gasteiger partial charge in [0.15, 0.2) is 0 Å². The van der Waals surface area contributed by atoms with E-state index in [2.05, 4.69) is 0 Å². The number of rotatable bonds is 5. The molecule has 0 saturated heterocycles. The molecule has 0 fully saturated rings. The van der Waals surface area contributed by atoms with Gasteiger partial charge in [0, 0.05) is 12.7 Å². The zero-order valence-electron chi connectivity index (χ0n) is 8.48. The van der Waals surface area contributed by atoms with E-state index >= 15 is 0 Å². The summed E-state index contributed by atoms with van der Waals surface area (Å²) in [6, 6.07) is 6.19. The highest BCUT2D eigenvalue weighted by atomic mass is 32.2. The number of halogens is 2. The van der Waals surface area contributed by atoms with Gasteiger partial charge in [-0.2, -0.15) is 8.78 Å². The summed E-state index contributed by atoms with van der Waals surface area (Å²) in [5, 5.41) is 0. The number of anilines is 1. The van der Waals surface area contributed by atoms with Crippen LogP contribution in [-0.2, 0) is 21.4 Å². The summed E-state index contributed by atoms with van der Waals surface area (Å²) in [7, 11) is -3.20. The van der Waals surface area contributed by atoms with Crippen molar-refractivity contribution in [2.75, 3.05) is 11.8 Å². The fraction of sp³-hybridized carbons (Fsp3) is 0.333. The van der Waals surface area contributed by atoms with Crippen molar-refractivity contribution in [2.45, 2.75) is 12.4 Å². The molecule has 0 radical (unpaired) electrons. The molecule has 0 amide bonds. The van der Waals surface area contributed by atoms with Crippen LogP contribution in [0.15, 0.2) is 24.3 Å². The first-order valence-electron chi connectivity index (χ1n) is 4.34. The van der Waals surface area contributed by atoms with E-state index in [-0.39, 0.29) is 12.3 Å². The molecular weight excluding hydrogens is 240 g/mol. The molecule has 16 heavy (non-hydrogen) atoms. The van der Waals surface area contributed by atoms with Gasteiger partial charge in [-0.3, -0.25) is 4.72 Å². The Labute approximate surface area is 92.3 Å². The Bertz CT molecular complexity index is 448. The van der Waals surface area contributed by atoms with Crippen molar-refractivity contribution in [2.24, 2.45) is 0 Å². The first-order valence-corrected chi connectivity index (χ1v) is 5.88. The Kier molecular flexibility index (Phi) is 4.19. The zero-order valence-corrected chi connectivity index (χ0v) is 9.30. The Morgan fingerprint density at radius 3 is 2.56 bits per heavy atom. The number of nitrogens with one attached hydrogen (secondary N) is 1. The molecule has 7 heteroatoms. The lowest BCUT2D eigenvalue weighted by atomic mass is 10.2. The second kappa shape index (κ2) is 5.22. The van der Waals surface area contributed by atoms with Gasteiger partial charge in [0.25, 0.3) is 10.0 Å². The third-order valence-electron chi connectivity index (χ3n) is 1.80. The minimum Gasteiger partial charge on any atom is -0.380 e. The van der Waals surface area contributed by atoms with Crippen LogP contribution in [0.2, 0.25) is 0 Å². The Hall–Kier alpha value is -1.21. The number of para-hydroxylation sites is 1. The van der Waals surface area contributed by atoms with Crippen LogP contribution >= 0.6 is 0 Å². The van der Waals surface area contributed by atoms with Crippen molar-refractivity contribution in [1.29, 1.82) is 0 Å². The number of sulfonamides is 1. The maximum Gasteiger partial charge on any atom is 0.355 e. The van der Waals surface area contributed by atoms with E-state index in [4.69, 9.17) is 4.74 Å². The monoisotopic (exact) mass is 251 g/mol. The quantitative estimate of drug-likeness (QED) is 0.868. The van der Waals surface area contributed by atoms with E-state index in [1.807, 2.05) is 4.72 Å². The molecule has 0 aliphatic carbocycles. The molecule has 0 spiro atoms. The molecule has 1 aromatic rings. The maximum atomic E-state index is 12.1. The second-order valence-corrected chi connectivity index (χ2v) is 4.65. The summed E-state index contributed by atoms with van der Waals surface area (Å²) < 4.78 is 52.8. The highest BCUT2D eigenvalue weighted by molar-refractivity contribution is 7.93. The fourth-order valence-electron chi connectivity index (χ4n) is 1.10. The van der Waals surface area contributed by atoms with Crippen LogP contribution in [0.5, 0.6) is 0 Å². The molecule has 1 aromatic carbocycles. The number of hydrogen-bond donors (Lipinski definition) is 1. The first-order chi connectivity index (χ1) is 7.47. The fourth-order valence-corrected chi connectivity index (χ4v) is 1.69. The normalized spacial score (nSPS) is 11.8. The molecule has 0 heterocycles. The lowest BCUT2D eigenvalue weighted by Gasteiger charge is -2.11. The van der Waals surface area contributed by atoms with Gasteiger partial charge in [-0.15, -0.1) is 0 Å². The van der Waals surface area contributed by atoms with E-state index in [0.29, 0.717) is 5.56 Å². The molecule has 90 valence electrons. The molecule has 0 aliphatic heterocycles. The Balaban J connectivity index is 2.97. The van der Waals surface area contributed by atoms with Crippen LogP contribution in [0.4, 0.5) is 14.5 Å². The molecule has 4 nitrogen and oxygen atoms in total. The van der Waals surface area contributed by atoms with E-state index in [1.165, 1.54) is 13.2 Å². The average Bonchev–Trinajstić information content (AvgIpc) is 2.20. The van der Waals surface area contributed by atoms with Crippen LogP contribution in [0.1, 0.15) is 5.56 Å². The Morgan fingerprint density at radius 1 is 1.38 bits per heavy atom. The summed E-state index contributed by atoms with van der Waals surface area (Å²) >= 11 is 0. The predicted molar refractivity (Wildman–Crippen MR) is 55.7 cm³/mol. The van der Waals surface area contributed by atoms with Gasteiger partial charge in [0.2, 0.25) is 0 Å². The lowest BCUT2D eigenvalue weighted by molar-refractivity contribution is 0.185. The van der Waals surface area contributed by atoms with Crippen LogP contribution in [0.3, 0.4) is 0 Å². The van der Waals surface area contributed by atoms with Crippen LogP contribution in [0.25, 0.3) is 0 Å². The van der Waals surface area contributed by atoms with Crippen molar-refractivity contribution in [3.05, 3.63) is 29.8 Å². The molecule has 0 aliphatic rings. The van der Waals surface area contributed by atoms with E-state index < -0.39 is 15.8 Å². The van der Waals surface area contributed by atoms with Crippen LogP contribution < -0.4 is 4.72 Å². The van der Waals surface area contributed by atoms with Crippen molar-refractivity contribution in [1.82, 2.24) is 0 Å². The Morgan fingerprint density at radius 2 is 2.00 bits per heavy atom. The molecule has 1 rings (SSSR count). The van der Waals surface area contributed by atoms with Gasteiger partial charge >= 0.3 is 5.76 Å². The van der Waals surface area contributed by atoms with Crippen molar-refractivity contribution < 1.29 is 21.9 Å². The first kappa shape index (κ1) is 12.9. The van der Waals surface area contributed by atoms with Gasteiger partial charge in [0.05, 0.1) is 12.3 Å². The summed E-state index contributed by atoms with van der Waals surface area (Å²) in [4.78, 5) is 0. The molecule has 0 bridgehead atoms. The minimum atomic E-state index is -4.63. The number of ether oxygens (including phenoxy) is 1. The number of benzene rings is 1. The van der Waals surface area contributed by atoms with Crippen LogP contribution in [0, 0.1) is 0 Å². The van der Waals surface area contributed by atoms with Crippen molar-refractivity contribution in [3.8, 4) is 0 Å². The molecule has 0 unspecified atom stereocenters. The third-order valence-corrected chi connectivity index (χ3v) is 2.78. The van der Waals surface area contributed by atoms with Gasteiger partial charge in [-0.25, -0.2) is 8.42 Å². The lowest BCUT2D eigenvalue weighted by Crippen LogP contribution is -2.21. The highest BCUT2D eigenvalue weighted by Crippen LogP contribution is 2.19. The molecule has 0 saturated carbocycles. The summed E-state index contributed by atoms with van der Waals surface area (Å²) in [5.74, 6) is -3.46. The number of methoxy groups -OCH3 is 1. The van der Waals surface area contributed by atoms with Gasteiger partial charge in [-0.1, -0.05) is 18.2 Å².